The van der Waals surface area contributed by atoms with Crippen LogP contribution < -0.4 is 10.6 Å². The average molecular weight is 295 g/mol. The molecule has 0 heterocycles. The predicted octanol–water partition coefficient (Wildman–Crippen LogP) is 4.60. The van der Waals surface area contributed by atoms with Crippen molar-refractivity contribution in [2.45, 2.75) is 13.5 Å². The van der Waals surface area contributed by atoms with Gasteiger partial charge >= 0.3 is 0 Å². The second-order valence-electron chi connectivity index (χ2n) is 4.33. The van der Waals surface area contributed by atoms with E-state index in [1.807, 2.05) is 18.2 Å². The van der Waals surface area contributed by atoms with E-state index in [0.29, 0.717) is 15.7 Å². The zero-order chi connectivity index (χ0) is 13.8. The van der Waals surface area contributed by atoms with Gasteiger partial charge in [0.25, 0.3) is 0 Å². The Balaban J connectivity index is 2.32. The van der Waals surface area contributed by atoms with E-state index in [9.17, 15) is 0 Å². The number of hydrogen-bond acceptors (Lipinski definition) is 2. The summed E-state index contributed by atoms with van der Waals surface area (Å²) in [6.45, 7) is 3.66. The maximum absolute atomic E-state index is 6.27. The third-order valence-corrected chi connectivity index (χ3v) is 3.53. The molecule has 2 rings (SSSR count). The zero-order valence-electron chi connectivity index (χ0n) is 10.7. The molecule has 0 atom stereocenters. The fourth-order valence-corrected chi connectivity index (χ4v) is 2.78. The lowest BCUT2D eigenvalue weighted by atomic mass is 10.2. The number of benzene rings is 2. The molecular formula is C15H16Cl2N2. The number of rotatable bonds is 4. The first kappa shape index (κ1) is 14.0. The number of halogens is 2. The smallest absolute Gasteiger partial charge is 0.0749 e. The molecule has 2 N–H and O–H groups in total. The zero-order valence-corrected chi connectivity index (χ0v) is 12.2. The SMILES string of the molecule is CCN(Cc1ccccc1)c1c(Cl)cc(N)cc1Cl. The first-order valence-electron chi connectivity index (χ1n) is 6.15. The van der Waals surface area contributed by atoms with Gasteiger partial charge in [0.2, 0.25) is 0 Å². The minimum atomic E-state index is 0.578. The number of nitrogens with two attached hydrogens (primary N) is 1. The fraction of sp³-hybridized carbons (Fsp3) is 0.200. The summed E-state index contributed by atoms with van der Waals surface area (Å²) in [5, 5.41) is 1.17. The Hall–Kier alpha value is -1.38. The maximum atomic E-state index is 6.27. The van der Waals surface area contributed by atoms with Crippen molar-refractivity contribution in [3.8, 4) is 0 Å². The number of nitrogens with zero attached hydrogens (tertiary/aromatic N) is 1. The van der Waals surface area contributed by atoms with E-state index in [4.69, 9.17) is 28.9 Å². The molecule has 4 heteroatoms. The molecule has 2 nitrogen and oxygen atoms in total. The summed E-state index contributed by atoms with van der Waals surface area (Å²) < 4.78 is 0. The number of nitrogen functional groups attached to an aromatic ring is 1. The van der Waals surface area contributed by atoms with Crippen molar-refractivity contribution in [1.82, 2.24) is 0 Å². The third-order valence-electron chi connectivity index (χ3n) is 2.95. The standard InChI is InChI=1S/C15H16Cl2N2/c1-2-19(10-11-6-4-3-5-7-11)15-13(16)8-12(18)9-14(15)17/h3-9H,2,10,18H2,1H3. The van der Waals surface area contributed by atoms with Crippen molar-refractivity contribution >= 4 is 34.6 Å². The molecule has 0 bridgehead atoms. The van der Waals surface area contributed by atoms with Crippen LogP contribution in [0.4, 0.5) is 11.4 Å². The average Bonchev–Trinajstić information content (AvgIpc) is 2.37. The van der Waals surface area contributed by atoms with E-state index in [1.54, 1.807) is 12.1 Å². The third kappa shape index (κ3) is 3.34. The van der Waals surface area contributed by atoms with Crippen molar-refractivity contribution in [2.24, 2.45) is 0 Å². The number of anilines is 2. The van der Waals surface area contributed by atoms with Crippen LogP contribution in [0.1, 0.15) is 12.5 Å². The molecule has 19 heavy (non-hydrogen) atoms. The molecular weight excluding hydrogens is 279 g/mol. The molecule has 0 fully saturated rings. The molecule has 0 radical (unpaired) electrons. The van der Waals surface area contributed by atoms with E-state index < -0.39 is 0 Å². The van der Waals surface area contributed by atoms with Gasteiger partial charge in [-0.1, -0.05) is 53.5 Å². The quantitative estimate of drug-likeness (QED) is 0.835. The molecule has 0 spiro atoms. The summed E-state index contributed by atoms with van der Waals surface area (Å²) in [6.07, 6.45) is 0. The summed E-state index contributed by atoms with van der Waals surface area (Å²) >= 11 is 12.5. The van der Waals surface area contributed by atoms with Gasteiger partial charge in [-0.3, -0.25) is 0 Å². The van der Waals surface area contributed by atoms with Crippen molar-refractivity contribution in [3.63, 3.8) is 0 Å². The highest BCUT2D eigenvalue weighted by Gasteiger charge is 2.14. The summed E-state index contributed by atoms with van der Waals surface area (Å²) in [4.78, 5) is 2.14. The largest absolute Gasteiger partial charge is 0.399 e. The van der Waals surface area contributed by atoms with Gasteiger partial charge in [0.1, 0.15) is 0 Å². The molecule has 0 unspecified atom stereocenters. The molecule has 0 aliphatic carbocycles. The first-order valence-corrected chi connectivity index (χ1v) is 6.90. The minimum Gasteiger partial charge on any atom is -0.399 e. The highest BCUT2D eigenvalue weighted by atomic mass is 35.5. The normalized spacial score (nSPS) is 10.5. The lowest BCUT2D eigenvalue weighted by Gasteiger charge is -2.25. The second-order valence-corrected chi connectivity index (χ2v) is 5.15. The van der Waals surface area contributed by atoms with Crippen LogP contribution in [-0.2, 0) is 6.54 Å². The highest BCUT2D eigenvalue weighted by molar-refractivity contribution is 6.39. The second kappa shape index (κ2) is 6.18. The Morgan fingerprint density at radius 2 is 1.63 bits per heavy atom. The van der Waals surface area contributed by atoms with E-state index >= 15 is 0 Å². The Kier molecular flexibility index (Phi) is 4.56. The molecule has 2 aromatic rings. The van der Waals surface area contributed by atoms with Crippen LogP contribution in [0.5, 0.6) is 0 Å². The molecule has 0 saturated carbocycles. The molecule has 100 valence electrons. The van der Waals surface area contributed by atoms with Gasteiger partial charge in [-0.25, -0.2) is 0 Å². The minimum absolute atomic E-state index is 0.578. The van der Waals surface area contributed by atoms with Crippen molar-refractivity contribution in [1.29, 1.82) is 0 Å². The lowest BCUT2D eigenvalue weighted by Crippen LogP contribution is -2.22. The highest BCUT2D eigenvalue weighted by Crippen LogP contribution is 2.36. The van der Waals surface area contributed by atoms with Gasteiger partial charge in [-0.2, -0.15) is 0 Å². The van der Waals surface area contributed by atoms with Gasteiger partial charge in [-0.05, 0) is 24.6 Å². The molecule has 0 saturated heterocycles. The van der Waals surface area contributed by atoms with Crippen LogP contribution in [0.15, 0.2) is 42.5 Å². The Morgan fingerprint density at radius 3 is 2.16 bits per heavy atom. The van der Waals surface area contributed by atoms with Crippen molar-refractivity contribution < 1.29 is 0 Å². The summed E-state index contributed by atoms with van der Waals surface area (Å²) in [5.74, 6) is 0. The van der Waals surface area contributed by atoms with Crippen LogP contribution >= 0.6 is 23.2 Å². The van der Waals surface area contributed by atoms with Crippen LogP contribution in [0.2, 0.25) is 10.0 Å². The van der Waals surface area contributed by atoms with Crippen molar-refractivity contribution in [2.75, 3.05) is 17.2 Å². The Morgan fingerprint density at radius 1 is 1.05 bits per heavy atom. The van der Waals surface area contributed by atoms with Gasteiger partial charge in [-0.15, -0.1) is 0 Å². The number of hydrogen-bond donors (Lipinski definition) is 1. The van der Waals surface area contributed by atoms with Gasteiger partial charge in [0.15, 0.2) is 0 Å². The van der Waals surface area contributed by atoms with E-state index in [1.165, 1.54) is 5.56 Å². The predicted molar refractivity (Wildman–Crippen MR) is 84.0 cm³/mol. The van der Waals surface area contributed by atoms with Crippen LogP contribution in [0.3, 0.4) is 0 Å². The summed E-state index contributed by atoms with van der Waals surface area (Å²) in [7, 11) is 0. The van der Waals surface area contributed by atoms with E-state index in [-0.39, 0.29) is 0 Å². The van der Waals surface area contributed by atoms with Gasteiger partial charge < -0.3 is 10.6 Å². The van der Waals surface area contributed by atoms with Gasteiger partial charge in [0.05, 0.1) is 15.7 Å². The van der Waals surface area contributed by atoms with Gasteiger partial charge in [0, 0.05) is 18.8 Å². The Labute approximate surface area is 123 Å². The fourth-order valence-electron chi connectivity index (χ4n) is 2.04. The molecule has 2 aromatic carbocycles. The first-order chi connectivity index (χ1) is 9.11. The van der Waals surface area contributed by atoms with Crippen LogP contribution in [-0.4, -0.2) is 6.54 Å². The lowest BCUT2D eigenvalue weighted by molar-refractivity contribution is 0.832. The van der Waals surface area contributed by atoms with E-state index in [0.717, 1.165) is 18.8 Å². The molecule has 0 aliphatic rings. The topological polar surface area (TPSA) is 29.3 Å². The van der Waals surface area contributed by atoms with Crippen LogP contribution in [0.25, 0.3) is 0 Å². The molecule has 0 amide bonds. The monoisotopic (exact) mass is 294 g/mol. The molecule has 0 aliphatic heterocycles. The van der Waals surface area contributed by atoms with E-state index in [2.05, 4.69) is 24.0 Å². The maximum Gasteiger partial charge on any atom is 0.0749 e. The summed E-state index contributed by atoms with van der Waals surface area (Å²) in [5.41, 5.74) is 8.37. The summed E-state index contributed by atoms with van der Waals surface area (Å²) in [6, 6.07) is 13.7. The van der Waals surface area contributed by atoms with Crippen molar-refractivity contribution in [3.05, 3.63) is 58.1 Å². The molecule has 0 aromatic heterocycles. The van der Waals surface area contributed by atoms with Crippen LogP contribution in [0, 0.1) is 0 Å². The Bertz CT molecular complexity index is 532.